The molecule has 1 amide bonds. The molecule has 0 radical (unpaired) electrons. The molecule has 106 valence electrons. The Labute approximate surface area is 112 Å². The van der Waals surface area contributed by atoms with Crippen LogP contribution in [0.15, 0.2) is 18.3 Å². The zero-order valence-electron chi connectivity index (χ0n) is 9.87. The van der Waals surface area contributed by atoms with Crippen LogP contribution < -0.4 is 10.4 Å². The minimum absolute atomic E-state index is 0.202. The number of likely N-dealkylation sites (N-methyl/N-ethyl adjacent to an activating group) is 1. The number of nitrogens with zero attached hydrogens (tertiary/aromatic N) is 2. The molecule has 0 aliphatic carbocycles. The van der Waals surface area contributed by atoms with Crippen LogP contribution in [-0.2, 0) is 9.63 Å². The fraction of sp³-hybridized carbons (Fsp3) is 0.400. The first-order chi connectivity index (χ1) is 8.78. The van der Waals surface area contributed by atoms with Crippen molar-refractivity contribution in [1.82, 2.24) is 10.5 Å². The van der Waals surface area contributed by atoms with Crippen molar-refractivity contribution in [3.05, 3.63) is 23.4 Å². The molecule has 9 heteroatoms. The zero-order chi connectivity index (χ0) is 14.5. The fourth-order valence-corrected chi connectivity index (χ4v) is 1.23. The Bertz CT molecular complexity index is 425. The second kappa shape index (κ2) is 6.58. The summed E-state index contributed by atoms with van der Waals surface area (Å²) in [5.41, 5.74) is 1.70. The molecule has 5 nitrogen and oxygen atoms in total. The molecule has 19 heavy (non-hydrogen) atoms. The number of carbonyl (C=O) groups is 1. The van der Waals surface area contributed by atoms with Gasteiger partial charge in [0.15, 0.2) is 6.61 Å². The van der Waals surface area contributed by atoms with Gasteiger partial charge < -0.3 is 4.90 Å². The second-order valence-electron chi connectivity index (χ2n) is 3.62. The molecule has 1 N–H and O–H groups in total. The average molecular weight is 298 g/mol. The Morgan fingerprint density at radius 2 is 2.21 bits per heavy atom. The first-order valence-electron chi connectivity index (χ1n) is 5.08. The third-order valence-electron chi connectivity index (χ3n) is 1.91. The summed E-state index contributed by atoms with van der Waals surface area (Å²) in [4.78, 5) is 20.7. The Morgan fingerprint density at radius 3 is 2.74 bits per heavy atom. The summed E-state index contributed by atoms with van der Waals surface area (Å²) >= 11 is 5.65. The summed E-state index contributed by atoms with van der Waals surface area (Å²) in [5, 5.41) is 0.440. The van der Waals surface area contributed by atoms with Crippen LogP contribution >= 0.6 is 11.6 Å². The van der Waals surface area contributed by atoms with Gasteiger partial charge in [-0.05, 0) is 12.1 Å². The van der Waals surface area contributed by atoms with Crippen molar-refractivity contribution in [3.63, 3.8) is 0 Å². The quantitative estimate of drug-likeness (QED) is 0.842. The maximum atomic E-state index is 11.8. The maximum Gasteiger partial charge on any atom is 0.414 e. The van der Waals surface area contributed by atoms with Crippen molar-refractivity contribution in [2.24, 2.45) is 0 Å². The Kier molecular flexibility index (Phi) is 5.37. The maximum absolute atomic E-state index is 11.8. The van der Waals surface area contributed by atoms with E-state index < -0.39 is 18.7 Å². The molecule has 0 fully saturated rings. The summed E-state index contributed by atoms with van der Waals surface area (Å²) < 4.78 is 35.3. The molecular weight excluding hydrogens is 287 g/mol. The van der Waals surface area contributed by atoms with Crippen molar-refractivity contribution >= 4 is 23.3 Å². The molecule has 0 aromatic carbocycles. The Hall–Kier alpha value is -1.54. The monoisotopic (exact) mass is 297 g/mol. The lowest BCUT2D eigenvalue weighted by Crippen LogP contribution is -2.37. The van der Waals surface area contributed by atoms with E-state index in [1.54, 1.807) is 24.7 Å². The summed E-state index contributed by atoms with van der Waals surface area (Å²) in [6.07, 6.45) is -3.09. The number of carbonyl (C=O) groups excluding carboxylic acids is 1. The Morgan fingerprint density at radius 1 is 1.53 bits per heavy atom. The molecule has 0 atom stereocenters. The smallest absolute Gasteiger partial charge is 0.350 e. The predicted octanol–water partition coefficient (Wildman–Crippen LogP) is 1.78. The summed E-state index contributed by atoms with van der Waals surface area (Å²) in [5.74, 6) is -0.265. The third kappa shape index (κ3) is 6.25. The number of hydrogen-bond acceptors (Lipinski definition) is 4. The standard InChI is InChI=1S/C10H11ClF3N3O2/c1-17(8-3-2-7(11)4-15-8)5-9(18)16-19-6-10(12,13)14/h2-4H,5-6H2,1H3,(H,16,18). The van der Waals surface area contributed by atoms with E-state index in [0.29, 0.717) is 10.8 Å². The van der Waals surface area contributed by atoms with Gasteiger partial charge in [0.25, 0.3) is 5.91 Å². The lowest BCUT2D eigenvalue weighted by molar-refractivity contribution is -0.191. The van der Waals surface area contributed by atoms with Crippen LogP contribution in [0.3, 0.4) is 0 Å². The van der Waals surface area contributed by atoms with Crippen LogP contribution in [0.2, 0.25) is 5.02 Å². The number of amides is 1. The molecule has 0 bridgehead atoms. The fourth-order valence-electron chi connectivity index (χ4n) is 1.12. The van der Waals surface area contributed by atoms with E-state index in [1.807, 2.05) is 0 Å². The number of nitrogens with one attached hydrogen (secondary N) is 1. The van der Waals surface area contributed by atoms with E-state index >= 15 is 0 Å². The number of anilines is 1. The van der Waals surface area contributed by atoms with Gasteiger partial charge in [0.05, 0.1) is 5.02 Å². The predicted molar refractivity (Wildman–Crippen MR) is 62.7 cm³/mol. The Balaban J connectivity index is 2.38. The van der Waals surface area contributed by atoms with Gasteiger partial charge in [0.2, 0.25) is 0 Å². The van der Waals surface area contributed by atoms with Crippen LogP contribution in [0.4, 0.5) is 19.0 Å². The van der Waals surface area contributed by atoms with Crippen LogP contribution in [0.5, 0.6) is 0 Å². The number of aromatic nitrogens is 1. The van der Waals surface area contributed by atoms with Crippen LogP contribution in [0.1, 0.15) is 0 Å². The summed E-state index contributed by atoms with van der Waals surface area (Å²) in [6, 6.07) is 3.16. The zero-order valence-corrected chi connectivity index (χ0v) is 10.6. The van der Waals surface area contributed by atoms with Gasteiger partial charge in [0.1, 0.15) is 12.4 Å². The van der Waals surface area contributed by atoms with E-state index in [4.69, 9.17) is 11.6 Å². The lowest BCUT2D eigenvalue weighted by Gasteiger charge is -2.17. The topological polar surface area (TPSA) is 54.5 Å². The number of rotatable bonds is 5. The van der Waals surface area contributed by atoms with E-state index in [9.17, 15) is 18.0 Å². The third-order valence-corrected chi connectivity index (χ3v) is 2.13. The van der Waals surface area contributed by atoms with Crippen molar-refractivity contribution in [2.75, 3.05) is 25.1 Å². The first-order valence-corrected chi connectivity index (χ1v) is 5.46. The van der Waals surface area contributed by atoms with Crippen molar-refractivity contribution in [1.29, 1.82) is 0 Å². The number of hydroxylamine groups is 1. The minimum Gasteiger partial charge on any atom is -0.350 e. The van der Waals surface area contributed by atoms with E-state index in [0.717, 1.165) is 0 Å². The molecule has 1 rings (SSSR count). The van der Waals surface area contributed by atoms with Crippen molar-refractivity contribution in [3.8, 4) is 0 Å². The second-order valence-corrected chi connectivity index (χ2v) is 4.06. The van der Waals surface area contributed by atoms with Crippen LogP contribution in [0.25, 0.3) is 0 Å². The highest BCUT2D eigenvalue weighted by molar-refractivity contribution is 6.30. The van der Waals surface area contributed by atoms with Gasteiger partial charge in [0, 0.05) is 13.2 Å². The van der Waals surface area contributed by atoms with Gasteiger partial charge >= 0.3 is 6.18 Å². The summed E-state index contributed by atoms with van der Waals surface area (Å²) in [7, 11) is 1.56. The van der Waals surface area contributed by atoms with E-state index in [2.05, 4.69) is 9.82 Å². The molecule has 0 aliphatic rings. The molecule has 1 heterocycles. The highest BCUT2D eigenvalue weighted by Crippen LogP contribution is 2.14. The SMILES string of the molecule is CN(CC(=O)NOCC(F)(F)F)c1ccc(Cl)cn1. The van der Waals surface area contributed by atoms with Crippen LogP contribution in [0, 0.1) is 0 Å². The molecule has 1 aromatic heterocycles. The lowest BCUT2D eigenvalue weighted by atomic mass is 10.4. The normalized spacial score (nSPS) is 11.2. The molecular formula is C10H11ClF3N3O2. The highest BCUT2D eigenvalue weighted by Gasteiger charge is 2.28. The number of alkyl halides is 3. The van der Waals surface area contributed by atoms with E-state index in [1.165, 1.54) is 11.1 Å². The number of pyridine rings is 1. The largest absolute Gasteiger partial charge is 0.414 e. The van der Waals surface area contributed by atoms with Crippen LogP contribution in [-0.4, -0.2) is 37.3 Å². The molecule has 0 aliphatic heterocycles. The molecule has 0 saturated carbocycles. The molecule has 0 spiro atoms. The minimum atomic E-state index is -4.49. The highest BCUT2D eigenvalue weighted by atomic mass is 35.5. The van der Waals surface area contributed by atoms with Gasteiger partial charge in [-0.25, -0.2) is 10.5 Å². The van der Waals surface area contributed by atoms with E-state index in [-0.39, 0.29) is 6.54 Å². The van der Waals surface area contributed by atoms with Gasteiger partial charge in [-0.15, -0.1) is 0 Å². The molecule has 1 aromatic rings. The first kappa shape index (κ1) is 15.5. The number of halogens is 4. The van der Waals surface area contributed by atoms with Gasteiger partial charge in [-0.3, -0.25) is 9.63 Å². The van der Waals surface area contributed by atoms with Crippen molar-refractivity contribution < 1.29 is 22.8 Å². The molecule has 0 saturated heterocycles. The summed E-state index contributed by atoms with van der Waals surface area (Å²) in [6.45, 7) is -1.74. The van der Waals surface area contributed by atoms with Gasteiger partial charge in [-0.1, -0.05) is 11.6 Å². The molecule has 0 unspecified atom stereocenters. The van der Waals surface area contributed by atoms with Gasteiger partial charge in [-0.2, -0.15) is 13.2 Å². The average Bonchev–Trinajstić information content (AvgIpc) is 2.27. The number of hydrogen-bond donors (Lipinski definition) is 1. The van der Waals surface area contributed by atoms with Crippen molar-refractivity contribution in [2.45, 2.75) is 6.18 Å².